The van der Waals surface area contributed by atoms with Gasteiger partial charge < -0.3 is 14.9 Å². The van der Waals surface area contributed by atoms with E-state index < -0.39 is 35.4 Å². The molecule has 1 heterocycles. The van der Waals surface area contributed by atoms with Gasteiger partial charge in [0, 0.05) is 17.2 Å². The summed E-state index contributed by atoms with van der Waals surface area (Å²) in [6.07, 6.45) is -7.93. The van der Waals surface area contributed by atoms with E-state index in [1.165, 1.54) is 0 Å². The summed E-state index contributed by atoms with van der Waals surface area (Å²) >= 11 is 0. The van der Waals surface area contributed by atoms with Crippen LogP contribution >= 0.6 is 0 Å². The fourth-order valence-corrected chi connectivity index (χ4v) is 2.68. The number of aromatic nitrogens is 2. The molecular formula is C19H14F5N3O3. The number of carbonyl (C=O) groups is 1. The molecule has 1 aromatic heterocycles. The van der Waals surface area contributed by atoms with Crippen molar-refractivity contribution >= 4 is 5.91 Å². The summed E-state index contributed by atoms with van der Waals surface area (Å²) in [6.45, 7) is 1.35. The zero-order chi connectivity index (χ0) is 22.1. The Morgan fingerprint density at radius 3 is 2.53 bits per heavy atom. The number of benzene rings is 2. The first-order valence-corrected chi connectivity index (χ1v) is 8.47. The van der Waals surface area contributed by atoms with Gasteiger partial charge in [0.1, 0.15) is 11.6 Å². The predicted octanol–water partition coefficient (Wildman–Crippen LogP) is 3.85. The van der Waals surface area contributed by atoms with Crippen LogP contribution in [0.4, 0.5) is 22.0 Å². The lowest BCUT2D eigenvalue weighted by Gasteiger charge is -2.17. The molecule has 0 spiro atoms. The number of rotatable bonds is 5. The van der Waals surface area contributed by atoms with Gasteiger partial charge in [0.25, 0.3) is 5.91 Å². The van der Waals surface area contributed by atoms with Crippen LogP contribution in [-0.4, -0.2) is 27.3 Å². The first kappa shape index (κ1) is 21.4. The minimum atomic E-state index is -5.02. The number of amides is 1. The average molecular weight is 427 g/mol. The van der Waals surface area contributed by atoms with E-state index in [1.54, 1.807) is 6.92 Å². The van der Waals surface area contributed by atoms with Crippen LogP contribution in [0.1, 0.15) is 33.7 Å². The Morgan fingerprint density at radius 2 is 1.93 bits per heavy atom. The summed E-state index contributed by atoms with van der Waals surface area (Å²) in [7, 11) is 0. The van der Waals surface area contributed by atoms with Crippen molar-refractivity contribution in [2.45, 2.75) is 25.7 Å². The summed E-state index contributed by atoms with van der Waals surface area (Å²) in [5.74, 6) is -2.36. The van der Waals surface area contributed by atoms with Crippen LogP contribution in [-0.2, 0) is 6.54 Å². The SMILES string of the molecule is Cc1noc(CNC(=O)c2cc(-c3ccc(F)cc3F)cc(C(O)C(F)(F)F)c2)n1. The van der Waals surface area contributed by atoms with E-state index in [9.17, 15) is 31.9 Å². The molecular weight excluding hydrogens is 413 g/mol. The lowest BCUT2D eigenvalue weighted by atomic mass is 9.96. The lowest BCUT2D eigenvalue weighted by molar-refractivity contribution is -0.206. The minimum Gasteiger partial charge on any atom is -0.379 e. The van der Waals surface area contributed by atoms with Crippen LogP contribution < -0.4 is 5.32 Å². The van der Waals surface area contributed by atoms with E-state index in [0.29, 0.717) is 11.9 Å². The Balaban J connectivity index is 1.99. The summed E-state index contributed by atoms with van der Waals surface area (Å²) in [5.41, 5.74) is -1.35. The van der Waals surface area contributed by atoms with Gasteiger partial charge in [0.2, 0.25) is 5.89 Å². The quantitative estimate of drug-likeness (QED) is 0.604. The van der Waals surface area contributed by atoms with Gasteiger partial charge in [-0.2, -0.15) is 18.2 Å². The molecule has 1 unspecified atom stereocenters. The van der Waals surface area contributed by atoms with Gasteiger partial charge in [0.05, 0.1) is 6.54 Å². The molecule has 2 N–H and O–H groups in total. The largest absolute Gasteiger partial charge is 0.418 e. The number of hydrogen-bond donors (Lipinski definition) is 2. The molecule has 6 nitrogen and oxygen atoms in total. The van der Waals surface area contributed by atoms with Crippen molar-refractivity contribution in [1.82, 2.24) is 15.5 Å². The molecule has 3 rings (SSSR count). The number of nitrogens with zero attached hydrogens (tertiary/aromatic N) is 2. The van der Waals surface area contributed by atoms with E-state index in [2.05, 4.69) is 15.5 Å². The number of halogens is 5. The zero-order valence-corrected chi connectivity index (χ0v) is 15.3. The van der Waals surface area contributed by atoms with Crippen molar-refractivity contribution in [3.8, 4) is 11.1 Å². The van der Waals surface area contributed by atoms with Gasteiger partial charge in [-0.05, 0) is 48.4 Å². The van der Waals surface area contributed by atoms with Crippen LogP contribution in [0.2, 0.25) is 0 Å². The molecule has 0 bridgehead atoms. The molecule has 3 aromatic rings. The lowest BCUT2D eigenvalue weighted by Crippen LogP contribution is -2.24. The van der Waals surface area contributed by atoms with Gasteiger partial charge >= 0.3 is 6.18 Å². The van der Waals surface area contributed by atoms with Crippen molar-refractivity contribution in [2.75, 3.05) is 0 Å². The number of hydrogen-bond acceptors (Lipinski definition) is 5. The number of aliphatic hydroxyl groups excluding tert-OH is 1. The molecule has 11 heteroatoms. The Labute approximate surface area is 166 Å². The highest BCUT2D eigenvalue weighted by Gasteiger charge is 2.39. The monoisotopic (exact) mass is 427 g/mol. The van der Waals surface area contributed by atoms with Crippen LogP contribution in [0.25, 0.3) is 11.1 Å². The molecule has 0 saturated carbocycles. The normalized spacial score (nSPS) is 12.6. The van der Waals surface area contributed by atoms with E-state index in [-0.39, 0.29) is 29.1 Å². The maximum absolute atomic E-state index is 14.2. The molecule has 0 aliphatic rings. The molecule has 2 aromatic carbocycles. The third-order valence-electron chi connectivity index (χ3n) is 4.06. The summed E-state index contributed by atoms with van der Waals surface area (Å²) in [4.78, 5) is 16.3. The highest BCUT2D eigenvalue weighted by atomic mass is 19.4. The smallest absolute Gasteiger partial charge is 0.379 e. The topological polar surface area (TPSA) is 88.2 Å². The van der Waals surface area contributed by atoms with Gasteiger partial charge in [-0.1, -0.05) is 5.16 Å². The molecule has 1 atom stereocenters. The Kier molecular flexibility index (Phi) is 5.83. The van der Waals surface area contributed by atoms with Crippen molar-refractivity contribution in [3.05, 3.63) is 70.9 Å². The Morgan fingerprint density at radius 1 is 1.20 bits per heavy atom. The number of nitrogens with one attached hydrogen (secondary N) is 1. The average Bonchev–Trinajstić information content (AvgIpc) is 3.09. The highest BCUT2D eigenvalue weighted by molar-refractivity contribution is 5.95. The van der Waals surface area contributed by atoms with Crippen LogP contribution in [0, 0.1) is 18.6 Å². The van der Waals surface area contributed by atoms with Crippen LogP contribution in [0.15, 0.2) is 40.9 Å². The van der Waals surface area contributed by atoms with E-state index in [1.807, 2.05) is 0 Å². The maximum Gasteiger partial charge on any atom is 0.418 e. The highest BCUT2D eigenvalue weighted by Crippen LogP contribution is 2.35. The Hall–Kier alpha value is -3.34. The summed E-state index contributed by atoms with van der Waals surface area (Å²) in [6, 6.07) is 5.33. The molecule has 0 saturated heterocycles. The molecule has 0 aliphatic heterocycles. The van der Waals surface area contributed by atoms with E-state index in [4.69, 9.17) is 4.52 Å². The van der Waals surface area contributed by atoms with Crippen LogP contribution in [0.3, 0.4) is 0 Å². The summed E-state index contributed by atoms with van der Waals surface area (Å²) < 4.78 is 71.2. The summed E-state index contributed by atoms with van der Waals surface area (Å²) in [5, 5.41) is 15.5. The van der Waals surface area contributed by atoms with Crippen molar-refractivity contribution in [1.29, 1.82) is 0 Å². The number of alkyl halides is 3. The molecule has 0 fully saturated rings. The molecule has 30 heavy (non-hydrogen) atoms. The zero-order valence-electron chi connectivity index (χ0n) is 15.3. The number of aliphatic hydroxyl groups is 1. The fourth-order valence-electron chi connectivity index (χ4n) is 2.68. The minimum absolute atomic E-state index is 0.0668. The fraction of sp³-hybridized carbons (Fsp3) is 0.211. The van der Waals surface area contributed by atoms with E-state index >= 15 is 0 Å². The Bertz CT molecular complexity index is 1080. The molecule has 158 valence electrons. The van der Waals surface area contributed by atoms with Gasteiger partial charge in [-0.25, -0.2) is 8.78 Å². The van der Waals surface area contributed by atoms with Gasteiger partial charge in [-0.15, -0.1) is 0 Å². The number of aryl methyl sites for hydroxylation is 1. The standard InChI is InChI=1S/C19H14F5N3O3/c1-9-26-16(30-27-9)8-25-18(29)12-5-10(14-3-2-13(20)7-15(14)21)4-11(6-12)17(28)19(22,23)24/h2-7,17,28H,8H2,1H3,(H,25,29). The first-order chi connectivity index (χ1) is 14.0. The molecule has 0 aliphatic carbocycles. The first-order valence-electron chi connectivity index (χ1n) is 8.47. The second-order valence-corrected chi connectivity index (χ2v) is 6.33. The van der Waals surface area contributed by atoms with Crippen molar-refractivity contribution in [3.63, 3.8) is 0 Å². The predicted molar refractivity (Wildman–Crippen MR) is 93.0 cm³/mol. The molecule has 0 radical (unpaired) electrons. The maximum atomic E-state index is 14.2. The van der Waals surface area contributed by atoms with Gasteiger partial charge in [0.15, 0.2) is 11.9 Å². The van der Waals surface area contributed by atoms with Crippen molar-refractivity contribution in [2.24, 2.45) is 0 Å². The van der Waals surface area contributed by atoms with Crippen molar-refractivity contribution < 1.29 is 36.4 Å². The number of carbonyl (C=O) groups excluding carboxylic acids is 1. The van der Waals surface area contributed by atoms with Crippen LogP contribution in [0.5, 0.6) is 0 Å². The second kappa shape index (κ2) is 8.19. The second-order valence-electron chi connectivity index (χ2n) is 6.33. The third kappa shape index (κ3) is 4.79. The molecule has 1 amide bonds. The third-order valence-corrected chi connectivity index (χ3v) is 4.06. The van der Waals surface area contributed by atoms with Gasteiger partial charge in [-0.3, -0.25) is 4.79 Å². The van der Waals surface area contributed by atoms with E-state index in [0.717, 1.165) is 30.3 Å².